The summed E-state index contributed by atoms with van der Waals surface area (Å²) in [5, 5.41) is 6.18. The molecular formula is C21H26F2N2O2. The van der Waals surface area contributed by atoms with Crippen molar-refractivity contribution in [1.29, 1.82) is 0 Å². The number of nitrogens with one attached hydrogen (secondary N) is 2. The van der Waals surface area contributed by atoms with Gasteiger partial charge in [-0.05, 0) is 35.6 Å². The quantitative estimate of drug-likeness (QED) is 0.661. The first-order chi connectivity index (χ1) is 13.0. The standard InChI is InChI=1S/C21H26F2N2O2/c1-15(2)20(17-6-4-3-5-7-17)25-14-19(26)24-13-12-16-8-10-18(11-9-16)27-21(22)23/h3-11,15,20-21,25H,12-14H2,1-2H3,(H,24,26)/t20-/m1/s1. The lowest BCUT2D eigenvalue weighted by molar-refractivity contribution is -0.120. The molecule has 0 aliphatic carbocycles. The van der Waals surface area contributed by atoms with Crippen LogP contribution >= 0.6 is 0 Å². The van der Waals surface area contributed by atoms with Crippen LogP contribution in [0.4, 0.5) is 8.78 Å². The molecule has 0 heterocycles. The van der Waals surface area contributed by atoms with Crippen molar-refractivity contribution in [1.82, 2.24) is 10.6 Å². The number of benzene rings is 2. The highest BCUT2D eigenvalue weighted by Gasteiger charge is 2.16. The summed E-state index contributed by atoms with van der Waals surface area (Å²) in [6, 6.07) is 16.6. The molecule has 2 aromatic carbocycles. The number of hydrogen-bond acceptors (Lipinski definition) is 3. The molecule has 0 aliphatic heterocycles. The zero-order valence-electron chi connectivity index (χ0n) is 15.6. The van der Waals surface area contributed by atoms with E-state index in [4.69, 9.17) is 0 Å². The molecule has 0 saturated heterocycles. The Balaban J connectivity index is 1.74. The first-order valence-corrected chi connectivity index (χ1v) is 9.04. The SMILES string of the molecule is CC(C)[C@@H](NCC(=O)NCCc1ccc(OC(F)F)cc1)c1ccccc1. The smallest absolute Gasteiger partial charge is 0.387 e. The van der Waals surface area contributed by atoms with Crippen LogP contribution in [-0.2, 0) is 11.2 Å². The van der Waals surface area contributed by atoms with E-state index in [1.165, 1.54) is 12.1 Å². The topological polar surface area (TPSA) is 50.4 Å². The van der Waals surface area contributed by atoms with Crippen molar-refractivity contribution in [3.05, 3.63) is 65.7 Å². The lowest BCUT2D eigenvalue weighted by Crippen LogP contribution is -2.38. The molecule has 0 radical (unpaired) electrons. The van der Waals surface area contributed by atoms with Crippen LogP contribution in [-0.4, -0.2) is 25.6 Å². The molecule has 0 aliphatic rings. The Morgan fingerprint density at radius 2 is 1.70 bits per heavy atom. The molecule has 2 aromatic rings. The van der Waals surface area contributed by atoms with E-state index in [0.29, 0.717) is 18.9 Å². The number of carbonyl (C=O) groups is 1. The lowest BCUT2D eigenvalue weighted by atomic mass is 9.96. The second-order valence-corrected chi connectivity index (χ2v) is 6.64. The predicted octanol–water partition coefficient (Wildman–Crippen LogP) is 3.93. The van der Waals surface area contributed by atoms with Crippen molar-refractivity contribution in [3.63, 3.8) is 0 Å². The normalized spacial score (nSPS) is 12.2. The molecule has 0 unspecified atom stereocenters. The Kier molecular flexibility index (Phi) is 8.20. The van der Waals surface area contributed by atoms with Gasteiger partial charge in [0, 0.05) is 12.6 Å². The maximum atomic E-state index is 12.1. The van der Waals surface area contributed by atoms with E-state index >= 15 is 0 Å². The first-order valence-electron chi connectivity index (χ1n) is 9.04. The Bertz CT molecular complexity index is 691. The molecular weight excluding hydrogens is 350 g/mol. The Hall–Kier alpha value is -2.47. The Morgan fingerprint density at radius 1 is 1.04 bits per heavy atom. The maximum Gasteiger partial charge on any atom is 0.387 e. The van der Waals surface area contributed by atoms with Crippen LogP contribution in [0.2, 0.25) is 0 Å². The highest BCUT2D eigenvalue weighted by atomic mass is 19.3. The van der Waals surface area contributed by atoms with Gasteiger partial charge in [-0.25, -0.2) is 0 Å². The zero-order valence-corrected chi connectivity index (χ0v) is 15.6. The minimum absolute atomic E-state index is 0.0748. The molecule has 0 spiro atoms. The summed E-state index contributed by atoms with van der Waals surface area (Å²) in [6.45, 7) is 2.12. The van der Waals surface area contributed by atoms with Gasteiger partial charge in [0.1, 0.15) is 5.75 Å². The molecule has 0 fully saturated rings. The molecule has 146 valence electrons. The molecule has 27 heavy (non-hydrogen) atoms. The lowest BCUT2D eigenvalue weighted by Gasteiger charge is -2.22. The average Bonchev–Trinajstić information content (AvgIpc) is 2.63. The molecule has 0 saturated carbocycles. The number of ether oxygens (including phenoxy) is 1. The second kappa shape index (κ2) is 10.6. The van der Waals surface area contributed by atoms with E-state index in [-0.39, 0.29) is 24.2 Å². The zero-order chi connectivity index (χ0) is 19.6. The fraction of sp³-hybridized carbons (Fsp3) is 0.381. The third-order valence-electron chi connectivity index (χ3n) is 4.19. The maximum absolute atomic E-state index is 12.1. The molecule has 4 nitrogen and oxygen atoms in total. The van der Waals surface area contributed by atoms with Crippen molar-refractivity contribution in [2.75, 3.05) is 13.1 Å². The van der Waals surface area contributed by atoms with Crippen molar-refractivity contribution in [2.24, 2.45) is 5.92 Å². The van der Waals surface area contributed by atoms with E-state index in [1.807, 2.05) is 18.2 Å². The van der Waals surface area contributed by atoms with Gasteiger partial charge in [0.15, 0.2) is 0 Å². The van der Waals surface area contributed by atoms with Crippen molar-refractivity contribution in [3.8, 4) is 5.75 Å². The van der Waals surface area contributed by atoms with E-state index in [0.717, 1.165) is 11.1 Å². The summed E-state index contributed by atoms with van der Waals surface area (Å²) < 4.78 is 28.6. The number of halogens is 2. The number of rotatable bonds is 10. The monoisotopic (exact) mass is 376 g/mol. The Labute approximate surface area is 158 Å². The van der Waals surface area contributed by atoms with Gasteiger partial charge in [-0.1, -0.05) is 56.3 Å². The molecule has 6 heteroatoms. The van der Waals surface area contributed by atoms with Crippen LogP contribution in [0, 0.1) is 5.92 Å². The molecule has 0 aromatic heterocycles. The summed E-state index contributed by atoms with van der Waals surface area (Å²) in [5.41, 5.74) is 2.10. The van der Waals surface area contributed by atoms with Crippen LogP contribution < -0.4 is 15.4 Å². The van der Waals surface area contributed by atoms with Crippen LogP contribution in [0.5, 0.6) is 5.75 Å². The third kappa shape index (κ3) is 7.35. The van der Waals surface area contributed by atoms with Gasteiger partial charge in [-0.2, -0.15) is 8.78 Å². The highest BCUT2D eigenvalue weighted by molar-refractivity contribution is 5.78. The van der Waals surface area contributed by atoms with Crippen molar-refractivity contribution in [2.45, 2.75) is 32.9 Å². The molecule has 2 rings (SSSR count). The van der Waals surface area contributed by atoms with Gasteiger partial charge >= 0.3 is 6.61 Å². The fourth-order valence-electron chi connectivity index (χ4n) is 2.85. The number of hydrogen-bond donors (Lipinski definition) is 2. The van der Waals surface area contributed by atoms with Crippen molar-refractivity contribution >= 4 is 5.91 Å². The van der Waals surface area contributed by atoms with Crippen LogP contribution in [0.15, 0.2) is 54.6 Å². The van der Waals surface area contributed by atoms with Crippen LogP contribution in [0.1, 0.15) is 31.0 Å². The number of amides is 1. The van der Waals surface area contributed by atoms with Gasteiger partial charge in [-0.3, -0.25) is 4.79 Å². The van der Waals surface area contributed by atoms with Gasteiger partial charge in [0.05, 0.1) is 6.54 Å². The van der Waals surface area contributed by atoms with Gasteiger partial charge in [0.2, 0.25) is 5.91 Å². The number of alkyl halides is 2. The van der Waals surface area contributed by atoms with E-state index in [1.54, 1.807) is 12.1 Å². The van der Waals surface area contributed by atoms with Crippen LogP contribution in [0.25, 0.3) is 0 Å². The largest absolute Gasteiger partial charge is 0.435 e. The van der Waals surface area contributed by atoms with E-state index in [2.05, 4.69) is 41.4 Å². The van der Waals surface area contributed by atoms with Crippen molar-refractivity contribution < 1.29 is 18.3 Å². The predicted molar refractivity (Wildman–Crippen MR) is 102 cm³/mol. The fourth-order valence-corrected chi connectivity index (χ4v) is 2.85. The minimum atomic E-state index is -2.83. The molecule has 1 atom stereocenters. The van der Waals surface area contributed by atoms with E-state index < -0.39 is 6.61 Å². The molecule has 0 bridgehead atoms. The third-order valence-corrected chi connectivity index (χ3v) is 4.19. The highest BCUT2D eigenvalue weighted by Crippen LogP contribution is 2.20. The van der Waals surface area contributed by atoms with Gasteiger partial charge in [0.25, 0.3) is 0 Å². The number of carbonyl (C=O) groups excluding carboxylic acids is 1. The van der Waals surface area contributed by atoms with Gasteiger partial charge < -0.3 is 15.4 Å². The molecule has 2 N–H and O–H groups in total. The minimum Gasteiger partial charge on any atom is -0.435 e. The van der Waals surface area contributed by atoms with Crippen LogP contribution in [0.3, 0.4) is 0 Å². The van der Waals surface area contributed by atoms with E-state index in [9.17, 15) is 13.6 Å². The summed E-state index contributed by atoms with van der Waals surface area (Å²) in [4.78, 5) is 12.1. The average molecular weight is 376 g/mol. The Morgan fingerprint density at radius 3 is 2.30 bits per heavy atom. The summed E-state index contributed by atoms with van der Waals surface area (Å²) in [6.07, 6.45) is 0.618. The first kappa shape index (κ1) is 20.8. The summed E-state index contributed by atoms with van der Waals surface area (Å²) in [5.74, 6) is 0.408. The summed E-state index contributed by atoms with van der Waals surface area (Å²) >= 11 is 0. The van der Waals surface area contributed by atoms with Gasteiger partial charge in [-0.15, -0.1) is 0 Å². The second-order valence-electron chi connectivity index (χ2n) is 6.64. The summed E-state index contributed by atoms with van der Waals surface area (Å²) in [7, 11) is 0. The molecule has 1 amide bonds.